The van der Waals surface area contributed by atoms with Gasteiger partial charge in [-0.1, -0.05) is 25.0 Å². The van der Waals surface area contributed by atoms with Crippen molar-refractivity contribution in [1.29, 1.82) is 0 Å². The van der Waals surface area contributed by atoms with Crippen LogP contribution in [0.5, 0.6) is 0 Å². The van der Waals surface area contributed by atoms with E-state index in [1.54, 1.807) is 0 Å². The summed E-state index contributed by atoms with van der Waals surface area (Å²) in [7, 11) is -1.49. The fourth-order valence-electron chi connectivity index (χ4n) is 1.87. The molecule has 0 aliphatic heterocycles. The molecule has 1 saturated carbocycles. The molecule has 1 aliphatic carbocycles. The minimum Gasteiger partial charge on any atom is -0.371 e. The van der Waals surface area contributed by atoms with Crippen LogP contribution in [0, 0.1) is 5.92 Å². The summed E-state index contributed by atoms with van der Waals surface area (Å²) < 4.78 is 16.3. The van der Waals surface area contributed by atoms with Crippen LogP contribution >= 0.6 is 0 Å². The van der Waals surface area contributed by atoms with E-state index in [0.29, 0.717) is 19.8 Å². The molecule has 4 heteroatoms. The molecule has 0 aromatic carbocycles. The zero-order valence-electron chi connectivity index (χ0n) is 10.4. The lowest BCUT2D eigenvalue weighted by Gasteiger charge is -2.11. The van der Waals surface area contributed by atoms with E-state index in [1.807, 2.05) is 13.8 Å². The lowest BCUT2D eigenvalue weighted by molar-refractivity contribution is 0.112. The first kappa shape index (κ1) is 13.9. The third-order valence-electron chi connectivity index (χ3n) is 2.63. The van der Waals surface area contributed by atoms with Crippen LogP contribution in [0.2, 0.25) is 0 Å². The first-order valence-corrected chi connectivity index (χ1v) is 7.51. The summed E-state index contributed by atoms with van der Waals surface area (Å²) in [6.07, 6.45) is 9.82. The Labute approximate surface area is 101 Å². The molecule has 16 heavy (non-hydrogen) atoms. The van der Waals surface area contributed by atoms with Crippen molar-refractivity contribution in [2.24, 2.45) is 5.92 Å². The van der Waals surface area contributed by atoms with Crippen LogP contribution in [0.15, 0.2) is 12.2 Å². The molecule has 0 aromatic rings. The molecule has 1 fully saturated rings. The van der Waals surface area contributed by atoms with Crippen molar-refractivity contribution in [1.82, 2.24) is 0 Å². The lowest BCUT2D eigenvalue weighted by Crippen LogP contribution is -2.27. The summed E-state index contributed by atoms with van der Waals surface area (Å²) in [5.41, 5.74) is 0. The molecule has 0 atom stereocenters. The summed E-state index contributed by atoms with van der Waals surface area (Å²) in [4.78, 5) is 0. The van der Waals surface area contributed by atoms with E-state index in [2.05, 4.69) is 12.2 Å². The molecule has 0 N–H and O–H groups in total. The van der Waals surface area contributed by atoms with E-state index < -0.39 is 9.53 Å². The van der Waals surface area contributed by atoms with Crippen LogP contribution in [0.1, 0.15) is 39.5 Å². The third kappa shape index (κ3) is 5.79. The first-order valence-electron chi connectivity index (χ1n) is 6.28. The highest BCUT2D eigenvalue weighted by atomic mass is 28.3. The highest BCUT2D eigenvalue weighted by Gasteiger charge is 2.16. The molecule has 0 saturated heterocycles. The predicted molar refractivity (Wildman–Crippen MR) is 66.1 cm³/mol. The quantitative estimate of drug-likeness (QED) is 0.484. The molecule has 1 rings (SSSR count). The van der Waals surface area contributed by atoms with Gasteiger partial charge in [0.15, 0.2) is 0 Å². The lowest BCUT2D eigenvalue weighted by atomic mass is 10.1. The monoisotopic (exact) mass is 243 g/mol. The molecule has 3 nitrogen and oxygen atoms in total. The van der Waals surface area contributed by atoms with Crippen molar-refractivity contribution >= 4 is 9.53 Å². The van der Waals surface area contributed by atoms with Gasteiger partial charge in [0.25, 0.3) is 0 Å². The predicted octanol–water partition coefficient (Wildman–Crippen LogP) is 2.81. The Balaban J connectivity index is 2.10. The van der Waals surface area contributed by atoms with Gasteiger partial charge in [0, 0.05) is 13.2 Å². The van der Waals surface area contributed by atoms with Crippen molar-refractivity contribution in [3.8, 4) is 0 Å². The molecular formula is C12H23O3Si. The van der Waals surface area contributed by atoms with Gasteiger partial charge >= 0.3 is 9.53 Å². The van der Waals surface area contributed by atoms with E-state index >= 15 is 0 Å². The Morgan fingerprint density at radius 1 is 1.06 bits per heavy atom. The van der Waals surface area contributed by atoms with E-state index in [9.17, 15) is 0 Å². The molecule has 1 radical (unpaired) electrons. The SMILES string of the molecule is CCO[Si](OCC)OCC=CC1CCCC1. The van der Waals surface area contributed by atoms with Gasteiger partial charge in [0.2, 0.25) is 0 Å². The second-order valence-electron chi connectivity index (χ2n) is 3.90. The van der Waals surface area contributed by atoms with Crippen LogP contribution in [0.3, 0.4) is 0 Å². The number of rotatable bonds is 8. The van der Waals surface area contributed by atoms with Gasteiger partial charge in [-0.3, -0.25) is 0 Å². The van der Waals surface area contributed by atoms with Gasteiger partial charge in [-0.05, 0) is 32.6 Å². The average molecular weight is 243 g/mol. The van der Waals surface area contributed by atoms with E-state index in [1.165, 1.54) is 25.7 Å². The van der Waals surface area contributed by atoms with Crippen LogP contribution in [-0.2, 0) is 13.3 Å². The van der Waals surface area contributed by atoms with Gasteiger partial charge in [0.05, 0.1) is 6.61 Å². The maximum absolute atomic E-state index is 5.55. The van der Waals surface area contributed by atoms with Gasteiger partial charge in [-0.2, -0.15) is 0 Å². The second kappa shape index (κ2) is 8.93. The highest BCUT2D eigenvalue weighted by Crippen LogP contribution is 2.25. The van der Waals surface area contributed by atoms with Crippen molar-refractivity contribution < 1.29 is 13.3 Å². The summed E-state index contributed by atoms with van der Waals surface area (Å²) in [5, 5.41) is 0. The second-order valence-corrected chi connectivity index (χ2v) is 5.27. The molecular weight excluding hydrogens is 220 g/mol. The van der Waals surface area contributed by atoms with Crippen molar-refractivity contribution in [2.45, 2.75) is 39.5 Å². The Bertz CT molecular complexity index is 185. The number of hydrogen-bond acceptors (Lipinski definition) is 3. The zero-order chi connectivity index (χ0) is 11.6. The Hall–Kier alpha value is -0.163. The van der Waals surface area contributed by atoms with Gasteiger partial charge < -0.3 is 13.3 Å². The molecule has 0 spiro atoms. The fraction of sp³-hybridized carbons (Fsp3) is 0.833. The summed E-state index contributed by atoms with van der Waals surface area (Å²) in [5.74, 6) is 0.776. The van der Waals surface area contributed by atoms with Crippen molar-refractivity contribution in [3.63, 3.8) is 0 Å². The molecule has 93 valence electrons. The maximum Gasteiger partial charge on any atom is 0.578 e. The topological polar surface area (TPSA) is 27.7 Å². The van der Waals surface area contributed by atoms with Crippen molar-refractivity contribution in [3.05, 3.63) is 12.2 Å². The Kier molecular flexibility index (Phi) is 7.76. The van der Waals surface area contributed by atoms with Gasteiger partial charge in [0.1, 0.15) is 0 Å². The molecule has 0 heterocycles. The summed E-state index contributed by atoms with van der Waals surface area (Å²) in [6.45, 7) is 5.84. The van der Waals surface area contributed by atoms with E-state index in [-0.39, 0.29) is 0 Å². The Morgan fingerprint density at radius 3 is 2.25 bits per heavy atom. The number of hydrogen-bond donors (Lipinski definition) is 0. The van der Waals surface area contributed by atoms with E-state index in [4.69, 9.17) is 13.3 Å². The van der Waals surface area contributed by atoms with Crippen LogP contribution in [0.25, 0.3) is 0 Å². The molecule has 0 aromatic heterocycles. The van der Waals surface area contributed by atoms with Crippen molar-refractivity contribution in [2.75, 3.05) is 19.8 Å². The third-order valence-corrected chi connectivity index (χ3v) is 4.08. The first-order chi connectivity index (χ1) is 7.86. The molecule has 0 amide bonds. The average Bonchev–Trinajstić information content (AvgIpc) is 2.78. The highest BCUT2D eigenvalue weighted by molar-refractivity contribution is 6.36. The van der Waals surface area contributed by atoms with Crippen LogP contribution < -0.4 is 0 Å². The summed E-state index contributed by atoms with van der Waals surface area (Å²) >= 11 is 0. The molecule has 0 bridgehead atoms. The number of allylic oxidation sites excluding steroid dienone is 1. The minimum atomic E-state index is -1.49. The van der Waals surface area contributed by atoms with Crippen LogP contribution in [-0.4, -0.2) is 29.3 Å². The molecule has 0 unspecified atom stereocenters. The smallest absolute Gasteiger partial charge is 0.371 e. The maximum atomic E-state index is 5.55. The summed E-state index contributed by atoms with van der Waals surface area (Å²) in [6, 6.07) is 0. The largest absolute Gasteiger partial charge is 0.578 e. The standard InChI is InChI=1S/C12H23O3Si/c1-3-13-16(14-4-2)15-11-7-10-12-8-5-6-9-12/h7,10,12H,3-6,8-9,11H2,1-2H3. The van der Waals surface area contributed by atoms with E-state index in [0.717, 1.165) is 5.92 Å². The zero-order valence-corrected chi connectivity index (χ0v) is 11.4. The molecule has 1 aliphatic rings. The van der Waals surface area contributed by atoms with Gasteiger partial charge in [-0.25, -0.2) is 0 Å². The normalized spacial score (nSPS) is 17.9. The minimum absolute atomic E-state index is 0.616. The Morgan fingerprint density at radius 2 is 1.69 bits per heavy atom. The fourth-order valence-corrected chi connectivity index (χ4v) is 2.83. The van der Waals surface area contributed by atoms with Gasteiger partial charge in [-0.15, -0.1) is 0 Å². The van der Waals surface area contributed by atoms with Crippen LogP contribution in [0.4, 0.5) is 0 Å².